The van der Waals surface area contributed by atoms with Crippen LogP contribution in [0.5, 0.6) is 0 Å². The van der Waals surface area contributed by atoms with Gasteiger partial charge in [-0.3, -0.25) is 0 Å². The largest absolute Gasteiger partial charge is 0.418 e. The number of hydrogen-bond donors (Lipinski definition) is 1. The van der Waals surface area contributed by atoms with E-state index in [9.17, 15) is 0 Å². The average molecular weight is 268 g/mol. The summed E-state index contributed by atoms with van der Waals surface area (Å²) in [4.78, 5) is 10.8. The van der Waals surface area contributed by atoms with Gasteiger partial charge in [-0.2, -0.15) is 4.98 Å². The van der Waals surface area contributed by atoms with Crippen LogP contribution >= 0.6 is 0 Å². The Morgan fingerprint density at radius 1 is 1.00 bits per heavy atom. The Morgan fingerprint density at radius 3 is 2.40 bits per heavy atom. The fraction of sp³-hybridized carbons (Fsp3) is 0.200. The second-order valence-corrected chi connectivity index (χ2v) is 4.73. The number of rotatable bonds is 3. The molecule has 5 heteroatoms. The molecule has 0 bridgehead atoms. The predicted octanol–water partition coefficient (Wildman–Crippen LogP) is 3.00. The lowest BCUT2D eigenvalue weighted by Crippen LogP contribution is -2.09. The lowest BCUT2D eigenvalue weighted by molar-refractivity contribution is 0.608. The summed E-state index contributed by atoms with van der Waals surface area (Å²) in [5.41, 5.74) is 3.32. The first-order chi connectivity index (χ1) is 9.67. The number of fused-ring (bicyclic) bond motifs is 1. The first kappa shape index (κ1) is 12.5. The third-order valence-corrected chi connectivity index (χ3v) is 3.12. The normalized spacial score (nSPS) is 10.8. The Bertz CT molecular complexity index is 731. The summed E-state index contributed by atoms with van der Waals surface area (Å²) in [7, 11) is 5.78. The monoisotopic (exact) mass is 268 g/mol. The molecule has 3 rings (SSSR count). The van der Waals surface area contributed by atoms with Crippen LogP contribution in [0.15, 0.2) is 40.8 Å². The molecule has 0 fully saturated rings. The predicted molar refractivity (Wildman–Crippen MR) is 81.1 cm³/mol. The van der Waals surface area contributed by atoms with Gasteiger partial charge in [0.15, 0.2) is 0 Å². The average Bonchev–Trinajstić information content (AvgIpc) is 2.90. The minimum Gasteiger partial charge on any atom is -0.418 e. The quantitative estimate of drug-likeness (QED) is 0.791. The van der Waals surface area contributed by atoms with Crippen molar-refractivity contribution in [3.8, 4) is 11.5 Å². The summed E-state index contributed by atoms with van der Waals surface area (Å²) in [5.74, 6) is 1.44. The molecule has 2 heterocycles. The summed E-state index contributed by atoms with van der Waals surface area (Å²) in [6.45, 7) is 0. The van der Waals surface area contributed by atoms with Gasteiger partial charge in [-0.25, -0.2) is 4.98 Å². The van der Waals surface area contributed by atoms with Crippen LogP contribution in [0, 0.1) is 0 Å². The number of nitrogens with zero attached hydrogens (tertiary/aromatic N) is 3. The Hall–Kier alpha value is -2.56. The van der Waals surface area contributed by atoms with Crippen LogP contribution in [0.3, 0.4) is 0 Å². The number of anilines is 2. The molecule has 0 saturated heterocycles. The van der Waals surface area contributed by atoms with E-state index in [1.165, 1.54) is 0 Å². The van der Waals surface area contributed by atoms with Gasteiger partial charge in [0, 0.05) is 32.4 Å². The molecule has 0 atom stereocenters. The summed E-state index contributed by atoms with van der Waals surface area (Å²) in [5, 5.41) is 3.08. The second kappa shape index (κ2) is 4.85. The molecule has 0 spiro atoms. The Balaban J connectivity index is 2.03. The standard InChI is InChI=1S/C15H16N4O/c1-16-11-6-4-10(5-7-11)14-17-12-8-9-13(19(2)3)18-15(12)20-14/h4-9,16H,1-3H3. The van der Waals surface area contributed by atoms with Gasteiger partial charge in [-0.15, -0.1) is 0 Å². The van der Waals surface area contributed by atoms with Crippen LogP contribution in [-0.4, -0.2) is 31.1 Å². The van der Waals surface area contributed by atoms with Crippen molar-refractivity contribution in [2.75, 3.05) is 31.4 Å². The number of oxazole rings is 1. The van der Waals surface area contributed by atoms with Crippen LogP contribution in [0.1, 0.15) is 0 Å². The fourth-order valence-corrected chi connectivity index (χ4v) is 1.96. The van der Waals surface area contributed by atoms with Crippen molar-refractivity contribution in [3.63, 3.8) is 0 Å². The number of nitrogens with one attached hydrogen (secondary N) is 1. The summed E-state index contributed by atoms with van der Waals surface area (Å²) in [6.07, 6.45) is 0. The molecule has 0 aliphatic rings. The minimum atomic E-state index is 0.559. The third-order valence-electron chi connectivity index (χ3n) is 3.12. The lowest BCUT2D eigenvalue weighted by atomic mass is 10.2. The Morgan fingerprint density at radius 2 is 1.75 bits per heavy atom. The lowest BCUT2D eigenvalue weighted by Gasteiger charge is -2.09. The number of hydrogen-bond acceptors (Lipinski definition) is 5. The smallest absolute Gasteiger partial charge is 0.249 e. The first-order valence-electron chi connectivity index (χ1n) is 6.40. The molecule has 0 aliphatic carbocycles. The van der Waals surface area contributed by atoms with Crippen molar-refractivity contribution >= 4 is 22.7 Å². The van der Waals surface area contributed by atoms with Gasteiger partial charge in [0.05, 0.1) is 0 Å². The molecule has 2 aromatic heterocycles. The van der Waals surface area contributed by atoms with E-state index in [-0.39, 0.29) is 0 Å². The van der Waals surface area contributed by atoms with Crippen molar-refractivity contribution in [1.82, 2.24) is 9.97 Å². The van der Waals surface area contributed by atoms with Crippen molar-refractivity contribution in [2.24, 2.45) is 0 Å². The van der Waals surface area contributed by atoms with E-state index in [4.69, 9.17) is 4.42 Å². The van der Waals surface area contributed by atoms with E-state index < -0.39 is 0 Å². The molecule has 0 unspecified atom stereocenters. The van der Waals surface area contributed by atoms with E-state index in [1.807, 2.05) is 62.4 Å². The second-order valence-electron chi connectivity index (χ2n) is 4.73. The Labute approximate surface area is 117 Å². The van der Waals surface area contributed by atoms with Gasteiger partial charge in [0.1, 0.15) is 11.3 Å². The van der Waals surface area contributed by atoms with Gasteiger partial charge >= 0.3 is 0 Å². The maximum Gasteiger partial charge on any atom is 0.249 e. The molecule has 102 valence electrons. The van der Waals surface area contributed by atoms with Crippen LogP contribution in [0.25, 0.3) is 22.7 Å². The van der Waals surface area contributed by atoms with Gasteiger partial charge in [-0.05, 0) is 36.4 Å². The molecule has 0 radical (unpaired) electrons. The van der Waals surface area contributed by atoms with Gasteiger partial charge in [0.2, 0.25) is 11.6 Å². The van der Waals surface area contributed by atoms with Crippen LogP contribution in [0.2, 0.25) is 0 Å². The highest BCUT2D eigenvalue weighted by molar-refractivity contribution is 5.74. The summed E-state index contributed by atoms with van der Waals surface area (Å²) >= 11 is 0. The zero-order valence-corrected chi connectivity index (χ0v) is 11.7. The highest BCUT2D eigenvalue weighted by atomic mass is 16.4. The zero-order valence-electron chi connectivity index (χ0n) is 11.7. The van der Waals surface area contributed by atoms with E-state index in [1.54, 1.807) is 0 Å². The van der Waals surface area contributed by atoms with Crippen LogP contribution in [-0.2, 0) is 0 Å². The highest BCUT2D eigenvalue weighted by Gasteiger charge is 2.10. The molecule has 0 saturated carbocycles. The maximum atomic E-state index is 5.75. The van der Waals surface area contributed by atoms with Crippen molar-refractivity contribution in [1.29, 1.82) is 0 Å². The van der Waals surface area contributed by atoms with Crippen molar-refractivity contribution < 1.29 is 4.42 Å². The number of aromatic nitrogens is 2. The number of pyridine rings is 1. The number of benzene rings is 1. The van der Waals surface area contributed by atoms with E-state index >= 15 is 0 Å². The molecule has 20 heavy (non-hydrogen) atoms. The van der Waals surface area contributed by atoms with Crippen LogP contribution in [0.4, 0.5) is 11.5 Å². The molecule has 5 nitrogen and oxygen atoms in total. The minimum absolute atomic E-state index is 0.559. The highest BCUT2D eigenvalue weighted by Crippen LogP contribution is 2.25. The van der Waals surface area contributed by atoms with Crippen LogP contribution < -0.4 is 10.2 Å². The van der Waals surface area contributed by atoms with Gasteiger partial charge in [-0.1, -0.05) is 0 Å². The van der Waals surface area contributed by atoms with E-state index in [2.05, 4.69) is 15.3 Å². The zero-order chi connectivity index (χ0) is 14.1. The molecule has 0 amide bonds. The van der Waals surface area contributed by atoms with Gasteiger partial charge < -0.3 is 14.6 Å². The van der Waals surface area contributed by atoms with Crippen molar-refractivity contribution in [3.05, 3.63) is 36.4 Å². The molecular formula is C15H16N4O. The summed E-state index contributed by atoms with van der Waals surface area (Å²) in [6, 6.07) is 11.8. The SMILES string of the molecule is CNc1ccc(-c2nc3ccc(N(C)C)nc3o2)cc1. The van der Waals surface area contributed by atoms with Gasteiger partial charge in [0.25, 0.3) is 0 Å². The maximum absolute atomic E-state index is 5.75. The molecule has 1 N–H and O–H groups in total. The summed E-state index contributed by atoms with van der Waals surface area (Å²) < 4.78 is 5.75. The molecule has 1 aromatic carbocycles. The van der Waals surface area contributed by atoms with Crippen molar-refractivity contribution in [2.45, 2.75) is 0 Å². The molecule has 3 aromatic rings. The van der Waals surface area contributed by atoms with E-state index in [0.29, 0.717) is 11.6 Å². The molecular weight excluding hydrogens is 252 g/mol. The van der Waals surface area contributed by atoms with E-state index in [0.717, 1.165) is 22.6 Å². The fourth-order valence-electron chi connectivity index (χ4n) is 1.96. The topological polar surface area (TPSA) is 54.2 Å². The Kier molecular flexibility index (Phi) is 3.02. The molecule has 0 aliphatic heterocycles. The third kappa shape index (κ3) is 2.18. The first-order valence-corrected chi connectivity index (χ1v) is 6.40.